The number of hydrogen-bond donors (Lipinski definition) is 0. The van der Waals surface area contributed by atoms with Gasteiger partial charge in [0, 0.05) is 0 Å². The van der Waals surface area contributed by atoms with Crippen molar-refractivity contribution in [1.82, 2.24) is 0 Å². The van der Waals surface area contributed by atoms with Crippen molar-refractivity contribution in [3.63, 3.8) is 0 Å². The standard InChI is InChI=1S/C18H15O4P.2O.Ti/c19-23(20-16-10-4-1-5-11-16,21-17-12-6-2-7-13-17)22-18-14-8-3-9-15-18;;;/h1-15H;;;. The molecule has 0 N–H and O–H groups in total. The minimum atomic E-state index is -3.89. The molecular formula is C18H15O6PTi. The summed E-state index contributed by atoms with van der Waals surface area (Å²) in [6.45, 7) is 0. The van der Waals surface area contributed by atoms with E-state index < -0.39 is 26.9 Å². The van der Waals surface area contributed by atoms with Crippen molar-refractivity contribution in [3.05, 3.63) is 91.0 Å². The van der Waals surface area contributed by atoms with Crippen molar-refractivity contribution in [2.24, 2.45) is 0 Å². The Balaban J connectivity index is 0.000000758. The van der Waals surface area contributed by atoms with Crippen molar-refractivity contribution >= 4 is 7.82 Å². The van der Waals surface area contributed by atoms with E-state index in [9.17, 15) is 4.57 Å². The van der Waals surface area contributed by atoms with Crippen LogP contribution in [0.3, 0.4) is 0 Å². The second kappa shape index (κ2) is 10.6. The molecule has 0 fully saturated rings. The fraction of sp³-hybridized carbons (Fsp3) is 0. The summed E-state index contributed by atoms with van der Waals surface area (Å²) in [7, 11) is -3.89. The predicted octanol–water partition coefficient (Wildman–Crippen LogP) is 5.09. The van der Waals surface area contributed by atoms with Crippen molar-refractivity contribution in [3.8, 4) is 17.2 Å². The molecule has 0 atom stereocenters. The first-order valence-corrected chi connectivity index (χ1v) is 10.2. The summed E-state index contributed by atoms with van der Waals surface area (Å²) in [6, 6.07) is 26.4. The van der Waals surface area contributed by atoms with E-state index in [0.29, 0.717) is 17.2 Å². The molecule has 0 saturated carbocycles. The third-order valence-electron chi connectivity index (χ3n) is 2.88. The maximum absolute atomic E-state index is 13.1. The van der Waals surface area contributed by atoms with Crippen molar-refractivity contribution in [2.75, 3.05) is 0 Å². The van der Waals surface area contributed by atoms with Gasteiger partial charge in [-0.3, -0.25) is 0 Å². The van der Waals surface area contributed by atoms with Gasteiger partial charge < -0.3 is 13.6 Å². The number of hydrogen-bond acceptors (Lipinski definition) is 6. The van der Waals surface area contributed by atoms with Crippen LogP contribution in [0.15, 0.2) is 91.0 Å². The second-order valence-corrected chi connectivity index (χ2v) is 6.45. The molecule has 0 aliphatic carbocycles. The van der Waals surface area contributed by atoms with Crippen LogP contribution in [0.5, 0.6) is 17.2 Å². The monoisotopic (exact) mass is 406 g/mol. The van der Waals surface area contributed by atoms with Gasteiger partial charge in [0.25, 0.3) is 0 Å². The molecule has 3 aromatic rings. The molecule has 0 radical (unpaired) electrons. The van der Waals surface area contributed by atoms with Gasteiger partial charge in [-0.05, 0) is 36.4 Å². The summed E-state index contributed by atoms with van der Waals surface area (Å²) >= 11 is -2.00. The molecular weight excluding hydrogens is 391 g/mol. The van der Waals surface area contributed by atoms with E-state index in [2.05, 4.69) is 0 Å². The van der Waals surface area contributed by atoms with Gasteiger partial charge in [0.2, 0.25) is 0 Å². The van der Waals surface area contributed by atoms with Crippen LogP contribution in [0.1, 0.15) is 0 Å². The summed E-state index contributed by atoms with van der Waals surface area (Å²) in [5.74, 6) is 1.22. The first kappa shape index (κ1) is 19.9. The third-order valence-corrected chi connectivity index (χ3v) is 4.18. The quantitative estimate of drug-likeness (QED) is 0.419. The Bertz CT molecular complexity index is 760. The summed E-state index contributed by atoms with van der Waals surface area (Å²) in [4.78, 5) is 0. The Morgan fingerprint density at radius 3 is 1.00 bits per heavy atom. The molecule has 132 valence electrons. The molecule has 0 spiro atoms. The van der Waals surface area contributed by atoms with Crippen LogP contribution < -0.4 is 13.6 Å². The Labute approximate surface area is 159 Å². The molecule has 3 aromatic carbocycles. The summed E-state index contributed by atoms with van der Waals surface area (Å²) < 4.78 is 46.6. The number of para-hydroxylation sites is 3. The van der Waals surface area contributed by atoms with Crippen LogP contribution >= 0.6 is 7.82 Å². The first-order chi connectivity index (χ1) is 12.6. The zero-order valence-corrected chi connectivity index (χ0v) is 16.0. The van der Waals surface area contributed by atoms with Crippen LogP contribution in [0.2, 0.25) is 0 Å². The van der Waals surface area contributed by atoms with Gasteiger partial charge in [0.05, 0.1) is 0 Å². The van der Waals surface area contributed by atoms with Crippen LogP contribution in [0.25, 0.3) is 0 Å². The van der Waals surface area contributed by atoms with Gasteiger partial charge in [-0.2, -0.15) is 4.57 Å². The van der Waals surface area contributed by atoms with Crippen LogP contribution in [0, 0.1) is 0 Å². The zero-order valence-electron chi connectivity index (χ0n) is 13.6. The SMILES string of the molecule is O=P(Oc1ccccc1)(Oc1ccccc1)Oc1ccccc1.[O]=[Ti]=[O]. The topological polar surface area (TPSA) is 78.9 Å². The number of rotatable bonds is 6. The molecule has 3 rings (SSSR count). The van der Waals surface area contributed by atoms with Crippen LogP contribution in [0.4, 0.5) is 0 Å². The van der Waals surface area contributed by atoms with E-state index in [-0.39, 0.29) is 0 Å². The Kier molecular flexibility index (Phi) is 8.09. The average molecular weight is 406 g/mol. The summed E-state index contributed by atoms with van der Waals surface area (Å²) in [6.07, 6.45) is 0. The molecule has 0 saturated heterocycles. The zero-order chi connectivity index (χ0) is 18.7. The van der Waals surface area contributed by atoms with E-state index in [1.54, 1.807) is 72.8 Å². The van der Waals surface area contributed by atoms with E-state index in [1.165, 1.54) is 0 Å². The molecule has 0 aromatic heterocycles. The predicted molar refractivity (Wildman–Crippen MR) is 90.2 cm³/mol. The third kappa shape index (κ3) is 6.85. The van der Waals surface area contributed by atoms with Gasteiger partial charge in [0.1, 0.15) is 17.2 Å². The minimum absolute atomic E-state index is 0.405. The molecule has 8 heteroatoms. The van der Waals surface area contributed by atoms with Gasteiger partial charge >= 0.3 is 33.6 Å². The number of benzene rings is 3. The fourth-order valence-corrected chi connectivity index (χ4v) is 3.14. The van der Waals surface area contributed by atoms with E-state index in [0.717, 1.165) is 0 Å². The van der Waals surface area contributed by atoms with Crippen LogP contribution in [-0.4, -0.2) is 0 Å². The van der Waals surface area contributed by atoms with E-state index in [4.69, 9.17) is 20.2 Å². The molecule has 0 aliphatic rings. The normalized spacial score (nSPS) is 9.85. The molecule has 0 aliphatic heterocycles. The Hall–Kier alpha value is -2.40. The molecule has 0 unspecified atom stereocenters. The van der Waals surface area contributed by atoms with Crippen molar-refractivity contribution in [1.29, 1.82) is 0 Å². The molecule has 0 amide bonds. The number of phosphoric ester groups is 1. The van der Waals surface area contributed by atoms with Gasteiger partial charge in [-0.25, -0.2) is 0 Å². The molecule has 6 nitrogen and oxygen atoms in total. The molecule has 0 heterocycles. The number of phosphoric acid groups is 1. The Morgan fingerprint density at radius 2 is 0.769 bits per heavy atom. The van der Waals surface area contributed by atoms with Crippen LogP contribution in [-0.2, 0) is 30.3 Å². The molecule has 0 bridgehead atoms. The average Bonchev–Trinajstić information content (AvgIpc) is 2.64. The Morgan fingerprint density at radius 1 is 0.538 bits per heavy atom. The van der Waals surface area contributed by atoms with Gasteiger partial charge in [-0.15, -0.1) is 0 Å². The second-order valence-electron chi connectivity index (χ2n) is 4.74. The summed E-state index contributed by atoms with van der Waals surface area (Å²) in [5, 5.41) is 0. The fourth-order valence-electron chi connectivity index (χ4n) is 1.89. The van der Waals surface area contributed by atoms with Gasteiger partial charge in [-0.1, -0.05) is 54.6 Å². The van der Waals surface area contributed by atoms with E-state index in [1.807, 2.05) is 18.2 Å². The van der Waals surface area contributed by atoms with Crippen molar-refractivity contribution < 1.29 is 43.9 Å². The molecule has 26 heavy (non-hydrogen) atoms. The van der Waals surface area contributed by atoms with Crippen molar-refractivity contribution in [2.45, 2.75) is 0 Å². The first-order valence-electron chi connectivity index (χ1n) is 7.48. The maximum atomic E-state index is 13.1. The van der Waals surface area contributed by atoms with Gasteiger partial charge in [0.15, 0.2) is 0 Å². The summed E-state index contributed by atoms with van der Waals surface area (Å²) in [5.41, 5.74) is 0. The van der Waals surface area contributed by atoms with E-state index >= 15 is 0 Å².